The third-order valence-electron chi connectivity index (χ3n) is 3.42. The molecule has 0 N–H and O–H groups in total. The van der Waals surface area contributed by atoms with Gasteiger partial charge in [-0.15, -0.1) is 0 Å². The molecule has 0 saturated carbocycles. The number of carbonyl (C=O) groups excluding carboxylic acids is 1. The lowest BCUT2D eigenvalue weighted by molar-refractivity contribution is -0.137. The summed E-state index contributed by atoms with van der Waals surface area (Å²) in [7, 11) is -2.91. The van der Waals surface area contributed by atoms with Crippen molar-refractivity contribution in [2.24, 2.45) is 0 Å². The van der Waals surface area contributed by atoms with Gasteiger partial charge in [0, 0.05) is 0 Å². The largest absolute Gasteiger partial charge is 0.493 e. The van der Waals surface area contributed by atoms with Crippen LogP contribution in [0.25, 0.3) is 6.08 Å². The number of rotatable bonds is 7. The predicted molar refractivity (Wildman–Crippen MR) is 97.4 cm³/mol. The monoisotopic (exact) mass is 405 g/mol. The zero-order chi connectivity index (χ0) is 20.7. The van der Waals surface area contributed by atoms with E-state index in [9.17, 15) is 17.6 Å². The fourth-order valence-electron chi connectivity index (χ4n) is 2.12. The SMILES string of the molecule is CCOC(=O)/C(C#N)=C\c1ccc(OS(=O)(=O)c2ccc(F)cc2)c(OC)c1. The lowest BCUT2D eigenvalue weighted by Crippen LogP contribution is -2.10. The summed E-state index contributed by atoms with van der Waals surface area (Å²) in [6.07, 6.45) is 1.28. The second-order valence-corrected chi connectivity index (χ2v) is 6.84. The Hall–Kier alpha value is -3.38. The van der Waals surface area contributed by atoms with E-state index in [4.69, 9.17) is 18.9 Å². The lowest BCUT2D eigenvalue weighted by atomic mass is 10.1. The normalized spacial score (nSPS) is 11.4. The van der Waals surface area contributed by atoms with Crippen LogP contribution >= 0.6 is 0 Å². The zero-order valence-electron chi connectivity index (χ0n) is 15.0. The van der Waals surface area contributed by atoms with Gasteiger partial charge in [-0.1, -0.05) is 6.07 Å². The summed E-state index contributed by atoms with van der Waals surface area (Å²) in [6, 6.07) is 10.0. The average Bonchev–Trinajstić information content (AvgIpc) is 2.67. The van der Waals surface area contributed by atoms with Crippen molar-refractivity contribution in [3.63, 3.8) is 0 Å². The van der Waals surface area contributed by atoms with Crippen LogP contribution in [0.4, 0.5) is 4.39 Å². The van der Waals surface area contributed by atoms with Gasteiger partial charge in [0.15, 0.2) is 11.5 Å². The van der Waals surface area contributed by atoms with E-state index in [1.54, 1.807) is 13.0 Å². The van der Waals surface area contributed by atoms with Gasteiger partial charge in [0.05, 0.1) is 13.7 Å². The maximum Gasteiger partial charge on any atom is 0.348 e. The Kier molecular flexibility index (Phi) is 6.74. The summed E-state index contributed by atoms with van der Waals surface area (Å²) < 4.78 is 52.6. The highest BCUT2D eigenvalue weighted by Gasteiger charge is 2.19. The van der Waals surface area contributed by atoms with Crippen molar-refractivity contribution in [3.8, 4) is 17.6 Å². The van der Waals surface area contributed by atoms with Crippen molar-refractivity contribution < 1.29 is 31.3 Å². The molecule has 9 heteroatoms. The molecule has 28 heavy (non-hydrogen) atoms. The number of nitriles is 1. The highest BCUT2D eigenvalue weighted by Crippen LogP contribution is 2.31. The van der Waals surface area contributed by atoms with Crippen molar-refractivity contribution in [1.29, 1.82) is 5.26 Å². The van der Waals surface area contributed by atoms with Crippen LogP contribution in [0.15, 0.2) is 52.9 Å². The highest BCUT2D eigenvalue weighted by molar-refractivity contribution is 7.87. The van der Waals surface area contributed by atoms with Gasteiger partial charge in [-0.2, -0.15) is 13.7 Å². The number of nitrogens with zero attached hydrogens (tertiary/aromatic N) is 1. The summed E-state index contributed by atoms with van der Waals surface area (Å²) in [6.45, 7) is 1.73. The molecule has 2 rings (SSSR count). The number of hydrogen-bond donors (Lipinski definition) is 0. The Morgan fingerprint density at radius 3 is 2.43 bits per heavy atom. The number of methoxy groups -OCH3 is 1. The molecular formula is C19H16FNO6S. The van der Waals surface area contributed by atoms with E-state index in [1.807, 2.05) is 0 Å². The van der Waals surface area contributed by atoms with Crippen molar-refractivity contribution in [2.45, 2.75) is 11.8 Å². The Bertz CT molecular complexity index is 1040. The first-order valence-corrected chi connectivity index (χ1v) is 9.38. The Morgan fingerprint density at radius 2 is 1.86 bits per heavy atom. The van der Waals surface area contributed by atoms with Crippen LogP contribution in [0.2, 0.25) is 0 Å². The molecule has 2 aromatic carbocycles. The van der Waals surface area contributed by atoms with Crippen LogP contribution in [0, 0.1) is 17.1 Å². The summed E-state index contributed by atoms with van der Waals surface area (Å²) >= 11 is 0. The smallest absolute Gasteiger partial charge is 0.348 e. The molecule has 0 atom stereocenters. The summed E-state index contributed by atoms with van der Waals surface area (Å²) in [5.74, 6) is -1.41. The number of ether oxygens (including phenoxy) is 2. The molecule has 0 aliphatic heterocycles. The van der Waals surface area contributed by atoms with Crippen molar-refractivity contribution in [3.05, 3.63) is 59.4 Å². The molecule has 0 bridgehead atoms. The van der Waals surface area contributed by atoms with Crippen LogP contribution in [0.5, 0.6) is 11.5 Å². The molecule has 0 saturated heterocycles. The molecule has 0 aliphatic carbocycles. The van der Waals surface area contributed by atoms with E-state index < -0.39 is 21.9 Å². The molecule has 0 amide bonds. The molecule has 2 aromatic rings. The molecule has 0 aliphatic rings. The summed E-state index contributed by atoms with van der Waals surface area (Å²) in [4.78, 5) is 11.5. The number of hydrogen-bond acceptors (Lipinski definition) is 7. The quantitative estimate of drug-likeness (QED) is 0.302. The molecular weight excluding hydrogens is 389 g/mol. The topological polar surface area (TPSA) is 103 Å². The van der Waals surface area contributed by atoms with E-state index in [1.165, 1.54) is 31.4 Å². The van der Waals surface area contributed by atoms with E-state index in [0.717, 1.165) is 24.3 Å². The van der Waals surface area contributed by atoms with Crippen LogP contribution in [0.1, 0.15) is 12.5 Å². The van der Waals surface area contributed by atoms with Gasteiger partial charge < -0.3 is 13.7 Å². The van der Waals surface area contributed by atoms with Crippen molar-refractivity contribution in [2.75, 3.05) is 13.7 Å². The molecule has 0 unspecified atom stereocenters. The van der Waals surface area contributed by atoms with Gasteiger partial charge in [-0.3, -0.25) is 0 Å². The summed E-state index contributed by atoms with van der Waals surface area (Å²) in [5.41, 5.74) is 0.171. The molecule has 0 spiro atoms. The maximum atomic E-state index is 13.0. The first kappa shape index (κ1) is 20.9. The second-order valence-electron chi connectivity index (χ2n) is 5.29. The van der Waals surface area contributed by atoms with Crippen molar-refractivity contribution >= 4 is 22.2 Å². The van der Waals surface area contributed by atoms with Gasteiger partial charge in [-0.05, 0) is 55.0 Å². The number of esters is 1. The zero-order valence-corrected chi connectivity index (χ0v) is 15.8. The molecule has 0 fully saturated rings. The van der Waals surface area contributed by atoms with Crippen LogP contribution in [-0.4, -0.2) is 28.1 Å². The average molecular weight is 405 g/mol. The van der Waals surface area contributed by atoms with Crippen molar-refractivity contribution in [1.82, 2.24) is 0 Å². The van der Waals surface area contributed by atoms with Gasteiger partial charge in [0.25, 0.3) is 0 Å². The molecule has 7 nitrogen and oxygen atoms in total. The van der Waals surface area contributed by atoms with Gasteiger partial charge >= 0.3 is 16.1 Å². The second kappa shape index (κ2) is 9.01. The van der Waals surface area contributed by atoms with Gasteiger partial charge in [0.2, 0.25) is 0 Å². The van der Waals surface area contributed by atoms with E-state index in [2.05, 4.69) is 0 Å². The van der Waals surface area contributed by atoms with Crippen LogP contribution in [0.3, 0.4) is 0 Å². The number of benzene rings is 2. The molecule has 0 radical (unpaired) electrons. The molecule has 0 aromatic heterocycles. The predicted octanol–water partition coefficient (Wildman–Crippen LogP) is 3.07. The highest BCUT2D eigenvalue weighted by atomic mass is 32.2. The minimum absolute atomic E-state index is 0.0561. The van der Waals surface area contributed by atoms with E-state index >= 15 is 0 Å². The van der Waals surface area contributed by atoms with E-state index in [0.29, 0.717) is 5.56 Å². The Balaban J connectivity index is 2.34. The molecule has 0 heterocycles. The minimum Gasteiger partial charge on any atom is -0.493 e. The molecule has 146 valence electrons. The number of carbonyl (C=O) groups is 1. The minimum atomic E-state index is -4.21. The standard InChI is InChI=1S/C19H16FNO6S/c1-3-26-19(22)14(12-21)10-13-4-9-17(18(11-13)25-2)27-28(23,24)16-7-5-15(20)6-8-16/h4-11H,3H2,1-2H3/b14-10-. The van der Waals surface area contributed by atoms with Gasteiger partial charge in [0.1, 0.15) is 22.4 Å². The maximum absolute atomic E-state index is 13.0. The van der Waals surface area contributed by atoms with Crippen LogP contribution in [-0.2, 0) is 19.6 Å². The third kappa shape index (κ3) is 5.08. The third-order valence-corrected chi connectivity index (χ3v) is 4.66. The van der Waals surface area contributed by atoms with E-state index in [-0.39, 0.29) is 28.6 Å². The lowest BCUT2D eigenvalue weighted by Gasteiger charge is -2.11. The first-order chi connectivity index (χ1) is 13.3. The Labute approximate surface area is 161 Å². The van der Waals surface area contributed by atoms with Gasteiger partial charge in [-0.25, -0.2) is 9.18 Å². The fraction of sp³-hybridized carbons (Fsp3) is 0.158. The first-order valence-electron chi connectivity index (χ1n) is 7.97. The summed E-state index contributed by atoms with van der Waals surface area (Å²) in [5, 5.41) is 9.08. The Morgan fingerprint density at radius 1 is 1.18 bits per heavy atom. The van der Waals surface area contributed by atoms with Crippen LogP contribution < -0.4 is 8.92 Å². The fourth-order valence-corrected chi connectivity index (χ4v) is 3.06. The number of halogens is 1.